The third-order valence-electron chi connectivity index (χ3n) is 4.21. The van der Waals surface area contributed by atoms with Crippen LogP contribution < -0.4 is 5.32 Å². The zero-order valence-electron chi connectivity index (χ0n) is 14.1. The van der Waals surface area contributed by atoms with Gasteiger partial charge >= 0.3 is 0 Å². The molecule has 0 radical (unpaired) electrons. The van der Waals surface area contributed by atoms with Crippen LogP contribution in [0.5, 0.6) is 0 Å². The quantitative estimate of drug-likeness (QED) is 0.544. The van der Waals surface area contributed by atoms with E-state index in [1.54, 1.807) is 0 Å². The number of benzene rings is 2. The number of rotatable bonds is 5. The molecule has 136 valence electrons. The van der Waals surface area contributed by atoms with Crippen molar-refractivity contribution in [2.45, 2.75) is 0 Å². The van der Waals surface area contributed by atoms with E-state index in [9.17, 15) is 9.59 Å². The van der Waals surface area contributed by atoms with Crippen LogP contribution in [0.4, 0.5) is 5.69 Å². The van der Waals surface area contributed by atoms with Gasteiger partial charge in [-0.25, -0.2) is 4.98 Å². The number of β-amino-alcohol motifs (C(OH)–C–C–N with tert-alkyl or cyclic N) is 1. The minimum atomic E-state index is -0.444. The third-order valence-corrected chi connectivity index (χ3v) is 4.71. The standard InChI is InChI=1S/C19H15BrN4O3/c20-12-3-6-14-15(9-12)23-18(22-14)11-1-4-13(5-2-11)21-16-10-17(26)24(7-8-25)19(16)27/h1-6,9-10,21,25H,7-8H2,(H,22,23). The number of carbonyl (C=O) groups is 2. The fraction of sp³-hybridized carbons (Fsp3) is 0.105. The topological polar surface area (TPSA) is 98.3 Å². The molecule has 2 heterocycles. The number of aromatic nitrogens is 2. The fourth-order valence-electron chi connectivity index (χ4n) is 2.90. The molecule has 0 atom stereocenters. The van der Waals surface area contributed by atoms with Crippen molar-refractivity contribution in [3.63, 3.8) is 0 Å². The van der Waals surface area contributed by atoms with Gasteiger partial charge in [0.15, 0.2) is 0 Å². The molecule has 7 nitrogen and oxygen atoms in total. The van der Waals surface area contributed by atoms with Gasteiger partial charge in [0.25, 0.3) is 11.8 Å². The number of halogens is 1. The molecule has 8 heteroatoms. The Morgan fingerprint density at radius 1 is 1.15 bits per heavy atom. The second-order valence-electron chi connectivity index (χ2n) is 6.03. The molecule has 0 fully saturated rings. The summed E-state index contributed by atoms with van der Waals surface area (Å²) in [5.74, 6) is -0.127. The molecule has 2 aromatic carbocycles. The van der Waals surface area contributed by atoms with Gasteiger partial charge in [-0.15, -0.1) is 0 Å². The summed E-state index contributed by atoms with van der Waals surface area (Å²) < 4.78 is 0.976. The Balaban J connectivity index is 1.53. The number of nitrogens with zero attached hydrogens (tertiary/aromatic N) is 2. The highest BCUT2D eigenvalue weighted by molar-refractivity contribution is 9.10. The van der Waals surface area contributed by atoms with Crippen molar-refractivity contribution in [1.29, 1.82) is 0 Å². The lowest BCUT2D eigenvalue weighted by atomic mass is 10.2. The van der Waals surface area contributed by atoms with Gasteiger partial charge in [-0.3, -0.25) is 14.5 Å². The predicted octanol–water partition coefficient (Wildman–Crippen LogP) is 2.65. The van der Waals surface area contributed by atoms with Crippen molar-refractivity contribution in [2.75, 3.05) is 18.5 Å². The molecule has 0 spiro atoms. The molecule has 27 heavy (non-hydrogen) atoms. The summed E-state index contributed by atoms with van der Waals surface area (Å²) in [5, 5.41) is 11.9. The molecule has 4 rings (SSSR count). The first-order chi connectivity index (χ1) is 13.0. The number of aliphatic hydroxyl groups excluding tert-OH is 1. The number of hydrogen-bond acceptors (Lipinski definition) is 5. The van der Waals surface area contributed by atoms with Crippen LogP contribution in [0.2, 0.25) is 0 Å². The van der Waals surface area contributed by atoms with Gasteiger partial charge in [0.05, 0.1) is 24.2 Å². The van der Waals surface area contributed by atoms with Gasteiger partial charge in [0.2, 0.25) is 0 Å². The summed E-state index contributed by atoms with van der Waals surface area (Å²) >= 11 is 3.44. The van der Waals surface area contributed by atoms with E-state index in [0.29, 0.717) is 5.69 Å². The normalized spacial score (nSPS) is 14.1. The molecule has 1 aromatic heterocycles. The SMILES string of the molecule is O=C1C=C(Nc2ccc(-c3nc4ccc(Br)cc4[nH]3)cc2)C(=O)N1CCO. The molecule has 0 bridgehead atoms. The molecule has 3 aromatic rings. The number of amides is 2. The molecule has 1 aliphatic rings. The van der Waals surface area contributed by atoms with E-state index < -0.39 is 11.8 Å². The Labute approximate surface area is 162 Å². The van der Waals surface area contributed by atoms with Crippen LogP contribution in [0.25, 0.3) is 22.4 Å². The molecule has 0 saturated carbocycles. The number of aromatic amines is 1. The highest BCUT2D eigenvalue weighted by Crippen LogP contribution is 2.25. The van der Waals surface area contributed by atoms with E-state index in [1.807, 2.05) is 42.5 Å². The van der Waals surface area contributed by atoms with Crippen LogP contribution in [-0.2, 0) is 9.59 Å². The number of fused-ring (bicyclic) bond motifs is 1. The average Bonchev–Trinajstić information content (AvgIpc) is 3.18. The molecule has 2 amide bonds. The van der Waals surface area contributed by atoms with E-state index in [-0.39, 0.29) is 18.8 Å². The first kappa shape index (κ1) is 17.4. The Morgan fingerprint density at radius 2 is 1.93 bits per heavy atom. The summed E-state index contributed by atoms with van der Waals surface area (Å²) in [7, 11) is 0. The molecule has 3 N–H and O–H groups in total. The van der Waals surface area contributed by atoms with Crippen LogP contribution >= 0.6 is 15.9 Å². The first-order valence-corrected chi connectivity index (χ1v) is 9.05. The summed E-state index contributed by atoms with van der Waals surface area (Å²) in [6.07, 6.45) is 1.24. The number of hydrogen-bond donors (Lipinski definition) is 3. The molecular weight excluding hydrogens is 412 g/mol. The number of imidazole rings is 1. The smallest absolute Gasteiger partial charge is 0.277 e. The highest BCUT2D eigenvalue weighted by atomic mass is 79.9. The number of anilines is 1. The third kappa shape index (κ3) is 3.36. The average molecular weight is 427 g/mol. The Kier molecular flexibility index (Phi) is 4.51. The summed E-state index contributed by atoms with van der Waals surface area (Å²) in [4.78, 5) is 32.8. The van der Waals surface area contributed by atoms with E-state index in [1.165, 1.54) is 6.08 Å². The number of H-pyrrole nitrogens is 1. The highest BCUT2D eigenvalue weighted by Gasteiger charge is 2.30. The lowest BCUT2D eigenvalue weighted by Crippen LogP contribution is -2.34. The van der Waals surface area contributed by atoms with E-state index >= 15 is 0 Å². The van der Waals surface area contributed by atoms with Crippen molar-refractivity contribution in [3.8, 4) is 11.4 Å². The van der Waals surface area contributed by atoms with E-state index in [2.05, 4.69) is 31.2 Å². The number of aliphatic hydroxyl groups is 1. The van der Waals surface area contributed by atoms with Crippen LogP contribution in [0.1, 0.15) is 0 Å². The zero-order valence-corrected chi connectivity index (χ0v) is 15.7. The fourth-order valence-corrected chi connectivity index (χ4v) is 3.26. The van der Waals surface area contributed by atoms with Gasteiger partial charge in [0.1, 0.15) is 11.5 Å². The van der Waals surface area contributed by atoms with Crippen LogP contribution in [0.15, 0.2) is 58.7 Å². The Morgan fingerprint density at radius 3 is 2.67 bits per heavy atom. The Bertz CT molecular complexity index is 1070. The summed E-state index contributed by atoms with van der Waals surface area (Å²) in [6, 6.07) is 13.2. The van der Waals surface area contributed by atoms with Gasteiger partial charge in [-0.1, -0.05) is 15.9 Å². The molecule has 1 aliphatic heterocycles. The van der Waals surface area contributed by atoms with Gasteiger partial charge < -0.3 is 15.4 Å². The molecule has 0 aliphatic carbocycles. The van der Waals surface area contributed by atoms with E-state index in [0.717, 1.165) is 31.8 Å². The second kappa shape index (κ2) is 6.98. The maximum Gasteiger partial charge on any atom is 0.277 e. The number of nitrogens with one attached hydrogen (secondary N) is 2. The van der Waals surface area contributed by atoms with Crippen molar-refractivity contribution in [2.24, 2.45) is 0 Å². The van der Waals surface area contributed by atoms with Crippen molar-refractivity contribution >= 4 is 44.5 Å². The summed E-state index contributed by atoms with van der Waals surface area (Å²) in [6.45, 7) is -0.276. The van der Waals surface area contributed by atoms with Gasteiger partial charge in [0, 0.05) is 21.8 Å². The minimum Gasteiger partial charge on any atom is -0.395 e. The van der Waals surface area contributed by atoms with Crippen LogP contribution in [0, 0.1) is 0 Å². The maximum absolute atomic E-state index is 12.2. The van der Waals surface area contributed by atoms with E-state index in [4.69, 9.17) is 5.11 Å². The van der Waals surface area contributed by atoms with Crippen LogP contribution in [0.3, 0.4) is 0 Å². The number of carbonyl (C=O) groups excluding carboxylic acids is 2. The van der Waals surface area contributed by atoms with Gasteiger partial charge in [-0.05, 0) is 42.5 Å². The van der Waals surface area contributed by atoms with Crippen molar-refractivity contribution < 1.29 is 14.7 Å². The second-order valence-corrected chi connectivity index (χ2v) is 6.94. The Hall–Kier alpha value is -2.97. The van der Waals surface area contributed by atoms with Crippen molar-refractivity contribution in [1.82, 2.24) is 14.9 Å². The monoisotopic (exact) mass is 426 g/mol. The summed E-state index contributed by atoms with van der Waals surface area (Å²) in [5.41, 5.74) is 3.58. The maximum atomic E-state index is 12.2. The van der Waals surface area contributed by atoms with Gasteiger partial charge in [-0.2, -0.15) is 0 Å². The first-order valence-electron chi connectivity index (χ1n) is 8.26. The lowest BCUT2D eigenvalue weighted by Gasteiger charge is -2.13. The number of imide groups is 1. The zero-order chi connectivity index (χ0) is 19.0. The van der Waals surface area contributed by atoms with Crippen molar-refractivity contribution in [3.05, 3.63) is 58.7 Å². The lowest BCUT2D eigenvalue weighted by molar-refractivity contribution is -0.137. The minimum absolute atomic E-state index is 0.0134. The molecular formula is C19H15BrN4O3. The molecule has 0 unspecified atom stereocenters. The predicted molar refractivity (Wildman–Crippen MR) is 105 cm³/mol. The molecule has 0 saturated heterocycles. The largest absolute Gasteiger partial charge is 0.395 e. The van der Waals surface area contributed by atoms with Crippen LogP contribution in [-0.4, -0.2) is 44.9 Å².